The van der Waals surface area contributed by atoms with Crippen LogP contribution in [-0.4, -0.2) is 42.3 Å². The lowest BCUT2D eigenvalue weighted by Crippen LogP contribution is -2.39. The number of pyridine rings is 1. The predicted molar refractivity (Wildman–Crippen MR) is 131 cm³/mol. The standard InChI is InChI=1S/C26H26F3N3O5/c1-3-14(2)22(30)24(34)36-13-17-12-32(25(35)37-17)16-9-8-15-10-21(31-23(33)19(15)11-16)18-6-4-5-7-20(18)26(27,28)29/h4-11,14,17,22H,3,12-13,30H2,1-2H3,(H,31,33)/t14-,17+,22-/m0/s1. The third kappa shape index (κ3) is 5.46. The average Bonchev–Trinajstić information content (AvgIpc) is 3.25. The maximum Gasteiger partial charge on any atom is 0.417 e. The summed E-state index contributed by atoms with van der Waals surface area (Å²) in [7, 11) is 0. The Morgan fingerprint density at radius 1 is 1.22 bits per heavy atom. The van der Waals surface area contributed by atoms with Crippen LogP contribution >= 0.6 is 0 Å². The van der Waals surface area contributed by atoms with Crippen molar-refractivity contribution in [3.8, 4) is 11.3 Å². The zero-order valence-electron chi connectivity index (χ0n) is 20.2. The monoisotopic (exact) mass is 517 g/mol. The lowest BCUT2D eigenvalue weighted by Gasteiger charge is -2.18. The van der Waals surface area contributed by atoms with Crippen molar-refractivity contribution in [2.45, 2.75) is 38.6 Å². The van der Waals surface area contributed by atoms with E-state index >= 15 is 0 Å². The van der Waals surface area contributed by atoms with Crippen LogP contribution in [0.3, 0.4) is 0 Å². The number of amides is 1. The number of halogens is 3. The van der Waals surface area contributed by atoms with E-state index in [0.717, 1.165) is 6.07 Å². The summed E-state index contributed by atoms with van der Waals surface area (Å²) < 4.78 is 50.9. The molecule has 0 aliphatic carbocycles. The molecular formula is C26H26F3N3O5. The molecule has 2 heterocycles. The number of hydrogen-bond acceptors (Lipinski definition) is 6. The van der Waals surface area contributed by atoms with Crippen LogP contribution < -0.4 is 16.2 Å². The van der Waals surface area contributed by atoms with Crippen molar-refractivity contribution < 1.29 is 32.2 Å². The molecule has 11 heteroatoms. The van der Waals surface area contributed by atoms with E-state index in [1.165, 1.54) is 35.2 Å². The fourth-order valence-corrected chi connectivity index (χ4v) is 4.10. The van der Waals surface area contributed by atoms with Crippen LogP contribution in [0.4, 0.5) is 23.7 Å². The second-order valence-electron chi connectivity index (χ2n) is 8.98. The van der Waals surface area contributed by atoms with Gasteiger partial charge in [-0.2, -0.15) is 13.2 Å². The summed E-state index contributed by atoms with van der Waals surface area (Å²) in [5, 5.41) is 0.587. The van der Waals surface area contributed by atoms with Crippen molar-refractivity contribution in [1.29, 1.82) is 0 Å². The van der Waals surface area contributed by atoms with Crippen molar-refractivity contribution in [2.24, 2.45) is 11.7 Å². The minimum Gasteiger partial charge on any atom is -0.460 e. The molecule has 8 nitrogen and oxygen atoms in total. The maximum absolute atomic E-state index is 13.5. The Morgan fingerprint density at radius 2 is 1.95 bits per heavy atom. The van der Waals surface area contributed by atoms with Crippen molar-refractivity contribution in [2.75, 3.05) is 18.1 Å². The minimum absolute atomic E-state index is 0.0243. The van der Waals surface area contributed by atoms with Crippen LogP contribution in [-0.2, 0) is 20.4 Å². The third-order valence-corrected chi connectivity index (χ3v) is 6.48. The Bertz CT molecular complexity index is 1390. The summed E-state index contributed by atoms with van der Waals surface area (Å²) in [4.78, 5) is 41.2. The van der Waals surface area contributed by atoms with Gasteiger partial charge >= 0.3 is 18.2 Å². The fourth-order valence-electron chi connectivity index (χ4n) is 4.10. The largest absolute Gasteiger partial charge is 0.460 e. The molecule has 4 rings (SSSR count). The van der Waals surface area contributed by atoms with E-state index in [1.807, 2.05) is 13.8 Å². The van der Waals surface area contributed by atoms with Gasteiger partial charge in [0.15, 0.2) is 6.10 Å². The van der Waals surface area contributed by atoms with Gasteiger partial charge < -0.3 is 20.2 Å². The van der Waals surface area contributed by atoms with E-state index in [4.69, 9.17) is 15.2 Å². The highest BCUT2D eigenvalue weighted by Gasteiger charge is 2.35. The topological polar surface area (TPSA) is 115 Å². The Hall–Kier alpha value is -3.86. The number of carbonyl (C=O) groups excluding carboxylic acids is 2. The highest BCUT2D eigenvalue weighted by Crippen LogP contribution is 2.36. The van der Waals surface area contributed by atoms with Gasteiger partial charge in [-0.3, -0.25) is 14.5 Å². The van der Waals surface area contributed by atoms with E-state index in [-0.39, 0.29) is 35.7 Å². The van der Waals surface area contributed by atoms with Gasteiger partial charge in [-0.05, 0) is 35.6 Å². The first-order valence-electron chi connectivity index (χ1n) is 11.7. The van der Waals surface area contributed by atoms with Gasteiger partial charge in [0.1, 0.15) is 12.6 Å². The van der Waals surface area contributed by atoms with Crippen LogP contribution in [0.15, 0.2) is 53.3 Å². The number of rotatable bonds is 7. The number of fused-ring (bicyclic) bond motifs is 1. The number of nitrogens with two attached hydrogens (primary N) is 1. The van der Waals surface area contributed by atoms with Crippen molar-refractivity contribution in [3.05, 3.63) is 64.4 Å². The summed E-state index contributed by atoms with van der Waals surface area (Å²) in [6, 6.07) is 10.2. The Morgan fingerprint density at radius 3 is 2.65 bits per heavy atom. The number of alkyl halides is 3. The highest BCUT2D eigenvalue weighted by molar-refractivity contribution is 5.95. The fraction of sp³-hybridized carbons (Fsp3) is 0.346. The molecule has 0 spiro atoms. The molecule has 0 bridgehead atoms. The summed E-state index contributed by atoms with van der Waals surface area (Å²) in [6.07, 6.45) is -5.29. The molecule has 2 aromatic carbocycles. The molecule has 3 atom stereocenters. The van der Waals surface area contributed by atoms with Gasteiger partial charge in [0.2, 0.25) is 0 Å². The first-order valence-corrected chi connectivity index (χ1v) is 11.7. The number of anilines is 1. The molecule has 1 amide bonds. The third-order valence-electron chi connectivity index (χ3n) is 6.48. The van der Waals surface area contributed by atoms with E-state index < -0.39 is 41.5 Å². The van der Waals surface area contributed by atoms with Gasteiger partial charge in [-0.15, -0.1) is 0 Å². The molecule has 3 N–H and O–H groups in total. The van der Waals surface area contributed by atoms with E-state index in [1.54, 1.807) is 12.1 Å². The number of benzene rings is 2. The van der Waals surface area contributed by atoms with Crippen molar-refractivity contribution in [1.82, 2.24) is 4.98 Å². The van der Waals surface area contributed by atoms with Gasteiger partial charge in [-0.1, -0.05) is 44.5 Å². The summed E-state index contributed by atoms with van der Waals surface area (Å²) in [6.45, 7) is 3.65. The first kappa shape index (κ1) is 26.2. The summed E-state index contributed by atoms with van der Waals surface area (Å²) in [5.41, 5.74) is 4.63. The van der Waals surface area contributed by atoms with Crippen LogP contribution in [0, 0.1) is 5.92 Å². The molecule has 0 saturated carbocycles. The summed E-state index contributed by atoms with van der Waals surface area (Å²) in [5.74, 6) is -0.641. The number of esters is 1. The molecule has 37 heavy (non-hydrogen) atoms. The average molecular weight is 518 g/mol. The molecule has 1 saturated heterocycles. The van der Waals surface area contributed by atoms with E-state index in [9.17, 15) is 27.6 Å². The van der Waals surface area contributed by atoms with Crippen molar-refractivity contribution >= 4 is 28.5 Å². The van der Waals surface area contributed by atoms with Crippen LogP contribution in [0.2, 0.25) is 0 Å². The highest BCUT2D eigenvalue weighted by atomic mass is 19.4. The van der Waals surface area contributed by atoms with Crippen LogP contribution in [0.1, 0.15) is 25.8 Å². The normalized spacial score (nSPS) is 17.5. The number of nitrogens with zero attached hydrogens (tertiary/aromatic N) is 1. The van der Waals surface area contributed by atoms with E-state index in [0.29, 0.717) is 17.5 Å². The Kier molecular flexibility index (Phi) is 7.26. The number of aromatic amines is 1. The van der Waals surface area contributed by atoms with Gasteiger partial charge in [0, 0.05) is 22.3 Å². The second-order valence-corrected chi connectivity index (χ2v) is 8.98. The number of cyclic esters (lactones) is 1. The number of ether oxygens (including phenoxy) is 2. The number of aromatic nitrogens is 1. The second kappa shape index (κ2) is 10.3. The molecule has 3 aromatic rings. The smallest absolute Gasteiger partial charge is 0.417 e. The molecule has 1 aliphatic rings. The Balaban J connectivity index is 1.54. The number of carbonyl (C=O) groups is 2. The van der Waals surface area contributed by atoms with Gasteiger partial charge in [0.25, 0.3) is 5.56 Å². The molecule has 1 aliphatic heterocycles. The van der Waals surface area contributed by atoms with Gasteiger partial charge in [-0.25, -0.2) is 4.79 Å². The number of nitrogens with one attached hydrogen (secondary N) is 1. The van der Waals surface area contributed by atoms with Crippen molar-refractivity contribution in [3.63, 3.8) is 0 Å². The molecule has 196 valence electrons. The lowest BCUT2D eigenvalue weighted by molar-refractivity contribution is -0.148. The maximum atomic E-state index is 13.5. The number of H-pyrrole nitrogens is 1. The minimum atomic E-state index is -4.59. The molecule has 1 fully saturated rings. The predicted octanol–water partition coefficient (Wildman–Crippen LogP) is 4.46. The zero-order valence-corrected chi connectivity index (χ0v) is 20.2. The lowest BCUT2D eigenvalue weighted by atomic mass is 10.0. The van der Waals surface area contributed by atoms with Gasteiger partial charge in [0.05, 0.1) is 12.1 Å². The molecular weight excluding hydrogens is 491 g/mol. The number of hydrogen-bond donors (Lipinski definition) is 2. The SMILES string of the molecule is CC[C@H](C)[C@H](N)C(=O)OC[C@H]1CN(c2ccc3cc(-c4ccccc4C(F)(F)F)[nH]c(=O)c3c2)C(=O)O1. The molecule has 1 aromatic heterocycles. The zero-order chi connectivity index (χ0) is 26.9. The van der Waals surface area contributed by atoms with Crippen LogP contribution in [0.25, 0.3) is 22.0 Å². The first-order chi connectivity index (χ1) is 17.5. The quantitative estimate of drug-likeness (QED) is 0.448. The molecule has 0 unspecified atom stereocenters. The van der Waals surface area contributed by atoms with Crippen LogP contribution in [0.5, 0.6) is 0 Å². The van der Waals surface area contributed by atoms with E-state index in [2.05, 4.69) is 4.98 Å². The molecule has 0 radical (unpaired) electrons. The summed E-state index contributed by atoms with van der Waals surface area (Å²) >= 11 is 0. The Labute approximate surface area is 210 Å².